The Morgan fingerprint density at radius 2 is 1.69 bits per heavy atom. The van der Waals surface area contributed by atoms with Gasteiger partial charge in [0, 0.05) is 11.6 Å². The fourth-order valence-electron chi connectivity index (χ4n) is 1.16. The van der Waals surface area contributed by atoms with Crippen LogP contribution in [-0.2, 0) is 0 Å². The van der Waals surface area contributed by atoms with E-state index in [-0.39, 0.29) is 12.2 Å². The van der Waals surface area contributed by atoms with Crippen molar-refractivity contribution in [3.8, 4) is 11.9 Å². The second-order valence-electron chi connectivity index (χ2n) is 4.21. The zero-order chi connectivity index (χ0) is 12.1. The van der Waals surface area contributed by atoms with Crippen molar-refractivity contribution < 1.29 is 13.9 Å². The first-order chi connectivity index (χ1) is 7.56. The third-order valence-electron chi connectivity index (χ3n) is 2.63. The fourth-order valence-corrected chi connectivity index (χ4v) is 1.16. The van der Waals surface area contributed by atoms with Crippen LogP contribution < -0.4 is 9.47 Å². The molecule has 0 aliphatic carbocycles. The summed E-state index contributed by atoms with van der Waals surface area (Å²) in [5.74, 6) is 1.12. The summed E-state index contributed by atoms with van der Waals surface area (Å²) in [5, 5.41) is 0. The van der Waals surface area contributed by atoms with Gasteiger partial charge in [0.15, 0.2) is 0 Å². The van der Waals surface area contributed by atoms with Gasteiger partial charge in [-0.2, -0.15) is 0 Å². The minimum absolute atomic E-state index is 0.168. The Labute approximate surface area is 97.7 Å². The monoisotopic (exact) mass is 226 g/mol. The van der Waals surface area contributed by atoms with Crippen LogP contribution in [0.3, 0.4) is 0 Å². The zero-order valence-electron chi connectivity index (χ0n) is 10.9. The zero-order valence-corrected chi connectivity index (χ0v) is 10.9. The number of ether oxygens (including phenoxy) is 2. The van der Waals surface area contributed by atoms with Crippen LogP contribution in [0.2, 0.25) is 0 Å². The molecule has 1 aromatic heterocycles. The van der Waals surface area contributed by atoms with Crippen LogP contribution in [0.25, 0.3) is 0 Å². The Morgan fingerprint density at radius 1 is 1.12 bits per heavy atom. The average Bonchev–Trinajstić information content (AvgIpc) is 2.58. The van der Waals surface area contributed by atoms with Crippen LogP contribution in [-0.4, -0.2) is 12.2 Å². The van der Waals surface area contributed by atoms with E-state index < -0.39 is 0 Å². The molecule has 16 heavy (non-hydrogen) atoms. The SMILES string of the molecule is CCC(C)Oc1cc(C)c(OC(C)CC)o1. The summed E-state index contributed by atoms with van der Waals surface area (Å²) in [4.78, 5) is 0. The summed E-state index contributed by atoms with van der Waals surface area (Å²) in [7, 11) is 0. The Hall–Kier alpha value is -1.12. The molecule has 0 amide bonds. The highest BCUT2D eigenvalue weighted by Crippen LogP contribution is 2.30. The largest absolute Gasteiger partial charge is 0.462 e. The van der Waals surface area contributed by atoms with E-state index in [2.05, 4.69) is 13.8 Å². The maximum atomic E-state index is 5.64. The molecule has 0 spiro atoms. The second kappa shape index (κ2) is 5.83. The van der Waals surface area contributed by atoms with Crippen molar-refractivity contribution in [1.29, 1.82) is 0 Å². The molecule has 0 radical (unpaired) electrons. The van der Waals surface area contributed by atoms with Crippen molar-refractivity contribution in [2.45, 2.75) is 59.7 Å². The van der Waals surface area contributed by atoms with Gasteiger partial charge in [-0.3, -0.25) is 0 Å². The predicted molar refractivity (Wildman–Crippen MR) is 64.2 cm³/mol. The molecule has 1 heterocycles. The lowest BCUT2D eigenvalue weighted by atomic mass is 10.3. The van der Waals surface area contributed by atoms with Crippen LogP contribution >= 0.6 is 0 Å². The number of furan rings is 1. The quantitative estimate of drug-likeness (QED) is 0.736. The first-order valence-electron chi connectivity index (χ1n) is 6.00. The Balaban J connectivity index is 2.66. The highest BCUT2D eigenvalue weighted by molar-refractivity contribution is 5.28. The normalized spacial score (nSPS) is 14.6. The molecule has 0 saturated heterocycles. The van der Waals surface area contributed by atoms with Gasteiger partial charge in [0.2, 0.25) is 0 Å². The summed E-state index contributed by atoms with van der Waals surface area (Å²) < 4.78 is 16.8. The molecule has 3 nitrogen and oxygen atoms in total. The van der Waals surface area contributed by atoms with Gasteiger partial charge in [0.25, 0.3) is 11.9 Å². The second-order valence-corrected chi connectivity index (χ2v) is 4.21. The van der Waals surface area contributed by atoms with E-state index >= 15 is 0 Å². The van der Waals surface area contributed by atoms with Crippen LogP contribution in [0.4, 0.5) is 0 Å². The molecule has 2 unspecified atom stereocenters. The van der Waals surface area contributed by atoms with E-state index in [1.54, 1.807) is 0 Å². The smallest absolute Gasteiger partial charge is 0.290 e. The molecule has 0 N–H and O–H groups in total. The molecule has 0 aliphatic rings. The molecule has 0 aromatic carbocycles. The molecule has 3 heteroatoms. The first-order valence-corrected chi connectivity index (χ1v) is 6.00. The highest BCUT2D eigenvalue weighted by atomic mass is 16.7. The minimum atomic E-state index is 0.168. The number of rotatable bonds is 6. The summed E-state index contributed by atoms with van der Waals surface area (Å²) in [6.45, 7) is 10.2. The molecule has 1 aromatic rings. The van der Waals surface area contributed by atoms with Gasteiger partial charge in [-0.25, -0.2) is 0 Å². The maximum Gasteiger partial charge on any atom is 0.290 e. The van der Waals surface area contributed by atoms with Crippen LogP contribution in [0.15, 0.2) is 10.5 Å². The van der Waals surface area contributed by atoms with Gasteiger partial charge in [-0.15, -0.1) is 0 Å². The van der Waals surface area contributed by atoms with E-state index in [1.807, 2.05) is 26.8 Å². The van der Waals surface area contributed by atoms with Crippen LogP contribution in [0.1, 0.15) is 46.1 Å². The van der Waals surface area contributed by atoms with Gasteiger partial charge in [0.05, 0.1) is 12.2 Å². The summed E-state index contributed by atoms with van der Waals surface area (Å²) in [6, 6.07) is 1.88. The first kappa shape index (κ1) is 12.9. The number of hydrogen-bond acceptors (Lipinski definition) is 3. The lowest BCUT2D eigenvalue weighted by molar-refractivity contribution is 0.125. The van der Waals surface area contributed by atoms with Crippen molar-refractivity contribution in [2.75, 3.05) is 0 Å². The third-order valence-corrected chi connectivity index (χ3v) is 2.63. The van der Waals surface area contributed by atoms with Crippen molar-refractivity contribution in [3.63, 3.8) is 0 Å². The Bertz CT molecular complexity index is 317. The van der Waals surface area contributed by atoms with E-state index in [1.165, 1.54) is 0 Å². The number of hydrogen-bond donors (Lipinski definition) is 0. The molecule has 0 aliphatic heterocycles. The van der Waals surface area contributed by atoms with Crippen molar-refractivity contribution in [3.05, 3.63) is 11.6 Å². The third kappa shape index (κ3) is 3.47. The van der Waals surface area contributed by atoms with Crippen molar-refractivity contribution >= 4 is 0 Å². The van der Waals surface area contributed by atoms with Gasteiger partial charge < -0.3 is 13.9 Å². The molecule has 2 atom stereocenters. The predicted octanol–water partition coefficient (Wildman–Crippen LogP) is 3.94. The van der Waals surface area contributed by atoms with E-state index in [4.69, 9.17) is 13.9 Å². The van der Waals surface area contributed by atoms with Crippen molar-refractivity contribution in [1.82, 2.24) is 0 Å². The molecule has 0 bridgehead atoms. The maximum absolute atomic E-state index is 5.64. The summed E-state index contributed by atoms with van der Waals surface area (Å²) in [6.07, 6.45) is 2.26. The van der Waals surface area contributed by atoms with Gasteiger partial charge in [0.1, 0.15) is 0 Å². The van der Waals surface area contributed by atoms with Gasteiger partial charge in [-0.05, 0) is 33.6 Å². The van der Waals surface area contributed by atoms with E-state index in [0.29, 0.717) is 11.9 Å². The molecular weight excluding hydrogens is 204 g/mol. The van der Waals surface area contributed by atoms with Gasteiger partial charge >= 0.3 is 0 Å². The Morgan fingerprint density at radius 3 is 2.25 bits per heavy atom. The lowest BCUT2D eigenvalue weighted by Gasteiger charge is -2.11. The van der Waals surface area contributed by atoms with Gasteiger partial charge in [-0.1, -0.05) is 13.8 Å². The van der Waals surface area contributed by atoms with Crippen molar-refractivity contribution in [2.24, 2.45) is 0 Å². The average molecular weight is 226 g/mol. The molecule has 92 valence electrons. The molecule has 0 fully saturated rings. The highest BCUT2D eigenvalue weighted by Gasteiger charge is 2.13. The van der Waals surface area contributed by atoms with Crippen LogP contribution in [0, 0.1) is 6.92 Å². The fraction of sp³-hybridized carbons (Fsp3) is 0.692. The lowest BCUT2D eigenvalue weighted by Crippen LogP contribution is -2.10. The van der Waals surface area contributed by atoms with Crippen LogP contribution in [0.5, 0.6) is 11.9 Å². The minimum Gasteiger partial charge on any atom is -0.462 e. The Kier molecular flexibility index (Phi) is 4.71. The molecule has 0 saturated carbocycles. The topological polar surface area (TPSA) is 31.6 Å². The molecular formula is C13H22O3. The number of aryl methyl sites for hydroxylation is 1. The standard InChI is InChI=1S/C13H22O3/c1-6-10(4)14-12-8-9(3)13(16-12)15-11(5)7-2/h8,10-11H,6-7H2,1-5H3. The van der Waals surface area contributed by atoms with E-state index in [0.717, 1.165) is 18.4 Å². The summed E-state index contributed by atoms with van der Waals surface area (Å²) in [5.41, 5.74) is 0.985. The molecule has 1 rings (SSSR count). The summed E-state index contributed by atoms with van der Waals surface area (Å²) >= 11 is 0. The van der Waals surface area contributed by atoms with E-state index in [9.17, 15) is 0 Å².